The molecule has 4 N–H and O–H groups in total. The average molecular weight is 501 g/mol. The standard InChI is InChI=1S/C20H19ClF2N4O3S2/c1-20(2,24)14-7-11(3-6-15(14)22)9-25-18(28)13-5-4-12(8-16(13)23)32(29,30)27-19-26-10-17(21)31-19/h3-8,10H,9,24H2,1-2H3,(H,25,28)(H,26,27). The van der Waals surface area contributed by atoms with Crippen LogP contribution < -0.4 is 15.8 Å². The SMILES string of the molecule is CC(C)(N)c1cc(CNC(=O)c2ccc(S(=O)(=O)Nc3ncc(Cl)s3)cc2F)ccc1F. The molecule has 7 nitrogen and oxygen atoms in total. The van der Waals surface area contributed by atoms with Gasteiger partial charge in [-0.05, 0) is 49.7 Å². The molecular formula is C20H19ClF2N4O3S2. The maximum Gasteiger partial charge on any atom is 0.263 e. The molecular weight excluding hydrogens is 482 g/mol. The normalized spacial score (nSPS) is 11.9. The monoisotopic (exact) mass is 500 g/mol. The molecule has 0 spiro atoms. The number of amides is 1. The van der Waals surface area contributed by atoms with Gasteiger partial charge in [-0.1, -0.05) is 29.0 Å². The van der Waals surface area contributed by atoms with Crippen LogP contribution in [0.5, 0.6) is 0 Å². The van der Waals surface area contributed by atoms with Crippen molar-refractivity contribution in [2.24, 2.45) is 5.73 Å². The van der Waals surface area contributed by atoms with Gasteiger partial charge in [-0.3, -0.25) is 9.52 Å². The second-order valence-electron chi connectivity index (χ2n) is 7.44. The third kappa shape index (κ3) is 5.60. The van der Waals surface area contributed by atoms with Crippen LogP contribution in [0.1, 0.15) is 35.3 Å². The third-order valence-electron chi connectivity index (χ3n) is 4.37. The number of halogens is 3. The molecule has 1 aromatic heterocycles. The van der Waals surface area contributed by atoms with Crippen LogP contribution in [0.4, 0.5) is 13.9 Å². The van der Waals surface area contributed by atoms with Gasteiger partial charge in [0.05, 0.1) is 16.7 Å². The summed E-state index contributed by atoms with van der Waals surface area (Å²) in [4.78, 5) is 15.8. The van der Waals surface area contributed by atoms with E-state index >= 15 is 0 Å². The second-order valence-corrected chi connectivity index (χ2v) is 10.8. The number of hydrogen-bond donors (Lipinski definition) is 3. The number of sulfonamides is 1. The number of rotatable bonds is 7. The van der Waals surface area contributed by atoms with E-state index in [4.69, 9.17) is 17.3 Å². The van der Waals surface area contributed by atoms with Crippen molar-refractivity contribution in [3.63, 3.8) is 0 Å². The fraction of sp³-hybridized carbons (Fsp3) is 0.200. The molecule has 0 saturated carbocycles. The summed E-state index contributed by atoms with van der Waals surface area (Å²) >= 11 is 6.62. The van der Waals surface area contributed by atoms with E-state index in [-0.39, 0.29) is 32.0 Å². The van der Waals surface area contributed by atoms with E-state index in [1.54, 1.807) is 13.8 Å². The molecule has 0 aliphatic carbocycles. The van der Waals surface area contributed by atoms with Crippen molar-refractivity contribution in [2.45, 2.75) is 30.8 Å². The summed E-state index contributed by atoms with van der Waals surface area (Å²) in [5.41, 5.74) is 5.53. The first-order valence-corrected chi connectivity index (χ1v) is 11.8. The zero-order chi connectivity index (χ0) is 23.7. The van der Waals surface area contributed by atoms with E-state index in [2.05, 4.69) is 15.0 Å². The van der Waals surface area contributed by atoms with Crippen LogP contribution in [0, 0.1) is 11.6 Å². The van der Waals surface area contributed by atoms with Gasteiger partial charge in [0, 0.05) is 17.6 Å². The summed E-state index contributed by atoms with van der Waals surface area (Å²) in [7, 11) is -4.12. The van der Waals surface area contributed by atoms with Crippen LogP contribution in [0.25, 0.3) is 0 Å². The number of aromatic nitrogens is 1. The molecule has 1 heterocycles. The molecule has 3 rings (SSSR count). The molecule has 0 aliphatic heterocycles. The molecule has 2 aromatic carbocycles. The van der Waals surface area contributed by atoms with E-state index in [1.165, 1.54) is 24.4 Å². The van der Waals surface area contributed by atoms with Crippen molar-refractivity contribution in [3.05, 3.63) is 75.3 Å². The van der Waals surface area contributed by atoms with Gasteiger partial charge in [-0.15, -0.1) is 0 Å². The molecule has 32 heavy (non-hydrogen) atoms. The minimum Gasteiger partial charge on any atom is -0.348 e. The van der Waals surface area contributed by atoms with Crippen LogP contribution in [0.15, 0.2) is 47.5 Å². The Morgan fingerprint density at radius 3 is 2.50 bits per heavy atom. The topological polar surface area (TPSA) is 114 Å². The van der Waals surface area contributed by atoms with Gasteiger partial charge in [-0.2, -0.15) is 0 Å². The van der Waals surface area contributed by atoms with E-state index in [0.29, 0.717) is 5.56 Å². The van der Waals surface area contributed by atoms with Gasteiger partial charge >= 0.3 is 0 Å². The predicted octanol–water partition coefficient (Wildman–Crippen LogP) is 4.00. The van der Waals surface area contributed by atoms with Gasteiger partial charge in [0.2, 0.25) is 0 Å². The van der Waals surface area contributed by atoms with Gasteiger partial charge in [-0.25, -0.2) is 22.2 Å². The highest BCUT2D eigenvalue weighted by Crippen LogP contribution is 2.26. The molecule has 0 fully saturated rings. The zero-order valence-electron chi connectivity index (χ0n) is 16.9. The van der Waals surface area contributed by atoms with Crippen molar-refractivity contribution >= 4 is 44.0 Å². The summed E-state index contributed by atoms with van der Waals surface area (Å²) in [6, 6.07) is 7.15. The number of benzene rings is 2. The lowest BCUT2D eigenvalue weighted by atomic mass is 9.93. The van der Waals surface area contributed by atoms with Crippen molar-refractivity contribution in [1.29, 1.82) is 0 Å². The Morgan fingerprint density at radius 1 is 1.19 bits per heavy atom. The Labute approximate surface area is 192 Å². The number of anilines is 1. The Bertz CT molecular complexity index is 1270. The number of thiazole rings is 1. The van der Waals surface area contributed by atoms with Crippen molar-refractivity contribution in [1.82, 2.24) is 10.3 Å². The van der Waals surface area contributed by atoms with Crippen LogP contribution >= 0.6 is 22.9 Å². The van der Waals surface area contributed by atoms with E-state index in [9.17, 15) is 22.0 Å². The van der Waals surface area contributed by atoms with Gasteiger partial charge in [0.25, 0.3) is 15.9 Å². The fourth-order valence-electron chi connectivity index (χ4n) is 2.78. The lowest BCUT2D eigenvalue weighted by Crippen LogP contribution is -2.30. The highest BCUT2D eigenvalue weighted by atomic mass is 35.5. The van der Waals surface area contributed by atoms with Gasteiger partial charge in [0.1, 0.15) is 16.0 Å². The maximum atomic E-state index is 14.5. The average Bonchev–Trinajstić information content (AvgIpc) is 3.10. The molecule has 0 aliphatic rings. The lowest BCUT2D eigenvalue weighted by molar-refractivity contribution is 0.0946. The first-order valence-electron chi connectivity index (χ1n) is 9.16. The highest BCUT2D eigenvalue weighted by molar-refractivity contribution is 7.93. The molecule has 0 bridgehead atoms. The smallest absolute Gasteiger partial charge is 0.263 e. The predicted molar refractivity (Wildman–Crippen MR) is 119 cm³/mol. The first-order chi connectivity index (χ1) is 14.9. The van der Waals surface area contributed by atoms with Gasteiger partial charge in [0.15, 0.2) is 5.13 Å². The number of nitrogens with zero attached hydrogens (tertiary/aromatic N) is 1. The fourth-order valence-corrected chi connectivity index (χ4v) is 4.84. The van der Waals surface area contributed by atoms with Gasteiger partial charge < -0.3 is 11.1 Å². The summed E-state index contributed by atoms with van der Waals surface area (Å²) in [6.45, 7) is 3.29. The molecule has 1 amide bonds. The van der Waals surface area contributed by atoms with Crippen LogP contribution in [0.3, 0.4) is 0 Å². The van der Waals surface area contributed by atoms with Crippen molar-refractivity contribution < 1.29 is 22.0 Å². The number of carbonyl (C=O) groups excluding carboxylic acids is 1. The Balaban J connectivity index is 1.73. The minimum absolute atomic E-state index is 0.00591. The summed E-state index contributed by atoms with van der Waals surface area (Å²) < 4.78 is 55.8. The molecule has 0 unspecified atom stereocenters. The van der Waals surface area contributed by atoms with E-state index < -0.39 is 33.1 Å². The first kappa shape index (κ1) is 24.1. The second kappa shape index (κ2) is 9.10. The molecule has 3 aromatic rings. The number of nitrogens with two attached hydrogens (primary N) is 1. The summed E-state index contributed by atoms with van der Waals surface area (Å²) in [5.74, 6) is -2.25. The largest absolute Gasteiger partial charge is 0.348 e. The van der Waals surface area contributed by atoms with Crippen molar-refractivity contribution in [2.75, 3.05) is 4.72 Å². The van der Waals surface area contributed by atoms with E-state index in [0.717, 1.165) is 29.5 Å². The number of nitrogens with one attached hydrogen (secondary N) is 2. The Morgan fingerprint density at radius 2 is 1.91 bits per heavy atom. The zero-order valence-corrected chi connectivity index (χ0v) is 19.3. The molecule has 0 atom stereocenters. The van der Waals surface area contributed by atoms with Crippen LogP contribution in [-0.4, -0.2) is 19.3 Å². The molecule has 12 heteroatoms. The lowest BCUT2D eigenvalue weighted by Gasteiger charge is -2.21. The Hall–Kier alpha value is -2.60. The number of hydrogen-bond acceptors (Lipinski definition) is 6. The summed E-state index contributed by atoms with van der Waals surface area (Å²) in [5, 5.41) is 2.55. The molecule has 0 saturated heterocycles. The third-order valence-corrected chi connectivity index (χ3v) is 6.87. The van der Waals surface area contributed by atoms with Crippen molar-refractivity contribution in [3.8, 4) is 0 Å². The maximum absolute atomic E-state index is 14.5. The van der Waals surface area contributed by atoms with E-state index in [1.807, 2.05) is 0 Å². The highest BCUT2D eigenvalue weighted by Gasteiger charge is 2.21. The summed E-state index contributed by atoms with van der Waals surface area (Å²) in [6.07, 6.45) is 1.27. The number of carbonyl (C=O) groups is 1. The molecule has 170 valence electrons. The Kier molecular flexibility index (Phi) is 6.84. The quantitative estimate of drug-likeness (QED) is 0.453. The molecule has 0 radical (unpaired) electrons. The minimum atomic E-state index is -4.12. The van der Waals surface area contributed by atoms with Crippen LogP contribution in [0.2, 0.25) is 4.34 Å². The van der Waals surface area contributed by atoms with Crippen LogP contribution in [-0.2, 0) is 22.1 Å².